The Morgan fingerprint density at radius 2 is 2.56 bits per heavy atom. The van der Waals surface area contributed by atoms with E-state index in [9.17, 15) is 5.11 Å². The van der Waals surface area contributed by atoms with Crippen LogP contribution in [0.15, 0.2) is 11.0 Å². The van der Waals surface area contributed by atoms with Crippen LogP contribution in [-0.2, 0) is 0 Å². The van der Waals surface area contributed by atoms with Gasteiger partial charge in [-0.3, -0.25) is 0 Å². The lowest BCUT2D eigenvalue weighted by Gasteiger charge is -2.35. The number of hydrogen-bond acceptors (Lipinski definition) is 2. The third kappa shape index (κ3) is 1.30. The van der Waals surface area contributed by atoms with E-state index >= 15 is 0 Å². The van der Waals surface area contributed by atoms with Gasteiger partial charge in [0.25, 0.3) is 0 Å². The standard InChI is InChI=1S/C7H12OS/c1-3-4-6-7(2,8)5-9-6/h4,8H,3,5H2,1-2H3/b6-4-. The maximum atomic E-state index is 9.41. The second-order valence-corrected chi connectivity index (χ2v) is 3.56. The van der Waals surface area contributed by atoms with Gasteiger partial charge >= 0.3 is 0 Å². The molecule has 0 aromatic heterocycles. The summed E-state index contributed by atoms with van der Waals surface area (Å²) in [5, 5.41) is 9.41. The Labute approximate surface area is 60.2 Å². The monoisotopic (exact) mass is 144 g/mol. The van der Waals surface area contributed by atoms with Crippen LogP contribution in [0.4, 0.5) is 0 Å². The van der Waals surface area contributed by atoms with Crippen molar-refractivity contribution in [3.63, 3.8) is 0 Å². The first kappa shape index (κ1) is 7.16. The zero-order valence-electron chi connectivity index (χ0n) is 5.85. The predicted octanol–water partition coefficient (Wildman–Crippen LogP) is 1.78. The van der Waals surface area contributed by atoms with E-state index in [1.165, 1.54) is 0 Å². The number of hydrogen-bond donors (Lipinski definition) is 1. The molecule has 0 aromatic carbocycles. The van der Waals surface area contributed by atoms with E-state index in [-0.39, 0.29) is 0 Å². The summed E-state index contributed by atoms with van der Waals surface area (Å²) in [5.41, 5.74) is -0.485. The van der Waals surface area contributed by atoms with E-state index in [0.717, 1.165) is 17.1 Å². The molecule has 1 unspecified atom stereocenters. The topological polar surface area (TPSA) is 20.2 Å². The van der Waals surface area contributed by atoms with E-state index < -0.39 is 5.60 Å². The van der Waals surface area contributed by atoms with Crippen molar-refractivity contribution >= 4 is 11.8 Å². The maximum Gasteiger partial charge on any atom is 0.102 e. The van der Waals surface area contributed by atoms with Gasteiger partial charge in [-0.05, 0) is 13.3 Å². The van der Waals surface area contributed by atoms with Gasteiger partial charge in [0, 0.05) is 10.7 Å². The molecule has 52 valence electrons. The van der Waals surface area contributed by atoms with Crippen LogP contribution in [0.3, 0.4) is 0 Å². The maximum absolute atomic E-state index is 9.41. The van der Waals surface area contributed by atoms with Gasteiger partial charge in [-0.25, -0.2) is 0 Å². The molecule has 0 amide bonds. The minimum atomic E-state index is -0.485. The molecule has 1 fully saturated rings. The molecule has 1 rings (SSSR count). The molecule has 0 saturated carbocycles. The molecular weight excluding hydrogens is 132 g/mol. The van der Waals surface area contributed by atoms with Crippen molar-refractivity contribution in [3.05, 3.63) is 11.0 Å². The third-order valence-electron chi connectivity index (χ3n) is 1.43. The van der Waals surface area contributed by atoms with Crippen LogP contribution < -0.4 is 0 Å². The lowest BCUT2D eigenvalue weighted by Crippen LogP contribution is -2.37. The first-order chi connectivity index (χ1) is 4.17. The highest BCUT2D eigenvalue weighted by molar-refractivity contribution is 8.04. The Kier molecular flexibility index (Phi) is 1.87. The minimum Gasteiger partial charge on any atom is -0.384 e. The predicted molar refractivity (Wildman–Crippen MR) is 41.5 cm³/mol. The zero-order chi connectivity index (χ0) is 6.91. The summed E-state index contributed by atoms with van der Waals surface area (Å²) >= 11 is 1.75. The molecule has 0 radical (unpaired) electrons. The van der Waals surface area contributed by atoms with Crippen LogP contribution >= 0.6 is 11.8 Å². The highest BCUT2D eigenvalue weighted by Gasteiger charge is 2.35. The number of allylic oxidation sites excluding steroid dienone is 1. The van der Waals surface area contributed by atoms with Gasteiger partial charge < -0.3 is 5.11 Å². The highest BCUT2D eigenvalue weighted by Crippen LogP contribution is 2.41. The molecule has 1 atom stereocenters. The normalized spacial score (nSPS) is 38.8. The molecule has 0 bridgehead atoms. The molecule has 1 N–H and O–H groups in total. The summed E-state index contributed by atoms with van der Waals surface area (Å²) in [6.45, 7) is 3.95. The van der Waals surface area contributed by atoms with Crippen LogP contribution in [0.5, 0.6) is 0 Å². The van der Waals surface area contributed by atoms with Crippen LogP contribution in [0.2, 0.25) is 0 Å². The fraction of sp³-hybridized carbons (Fsp3) is 0.714. The van der Waals surface area contributed by atoms with Crippen molar-refractivity contribution in [1.29, 1.82) is 0 Å². The van der Waals surface area contributed by atoms with E-state index in [1.54, 1.807) is 11.8 Å². The van der Waals surface area contributed by atoms with Crippen LogP contribution in [0.1, 0.15) is 20.3 Å². The molecule has 0 aliphatic carbocycles. The second-order valence-electron chi connectivity index (χ2n) is 2.54. The second kappa shape index (κ2) is 2.35. The van der Waals surface area contributed by atoms with Gasteiger partial charge in [-0.1, -0.05) is 13.0 Å². The van der Waals surface area contributed by atoms with Crippen LogP contribution in [0, 0.1) is 0 Å². The lowest BCUT2D eigenvalue weighted by molar-refractivity contribution is 0.124. The lowest BCUT2D eigenvalue weighted by atomic mass is 10.1. The van der Waals surface area contributed by atoms with Crippen molar-refractivity contribution in [3.8, 4) is 0 Å². The van der Waals surface area contributed by atoms with E-state index in [4.69, 9.17) is 0 Å². The molecule has 1 heterocycles. The van der Waals surface area contributed by atoms with Crippen LogP contribution in [0.25, 0.3) is 0 Å². The van der Waals surface area contributed by atoms with Crippen molar-refractivity contribution in [2.45, 2.75) is 25.9 Å². The highest BCUT2D eigenvalue weighted by atomic mass is 32.2. The number of aliphatic hydroxyl groups is 1. The Hall–Kier alpha value is 0.0500. The summed E-state index contributed by atoms with van der Waals surface area (Å²) in [6.07, 6.45) is 3.12. The molecule has 2 heteroatoms. The average molecular weight is 144 g/mol. The third-order valence-corrected chi connectivity index (χ3v) is 3.05. The molecule has 1 aliphatic heterocycles. The van der Waals surface area contributed by atoms with Crippen molar-refractivity contribution in [2.24, 2.45) is 0 Å². The van der Waals surface area contributed by atoms with E-state index in [1.807, 2.05) is 6.92 Å². The smallest absolute Gasteiger partial charge is 0.102 e. The van der Waals surface area contributed by atoms with Crippen LogP contribution in [-0.4, -0.2) is 16.5 Å². The van der Waals surface area contributed by atoms with Gasteiger partial charge in [0.05, 0.1) is 0 Å². The fourth-order valence-corrected chi connectivity index (χ4v) is 1.84. The first-order valence-corrected chi connectivity index (χ1v) is 4.21. The Balaban J connectivity index is 2.55. The van der Waals surface area contributed by atoms with Crippen molar-refractivity contribution < 1.29 is 5.11 Å². The van der Waals surface area contributed by atoms with E-state index in [2.05, 4.69) is 13.0 Å². The zero-order valence-corrected chi connectivity index (χ0v) is 6.66. The summed E-state index contributed by atoms with van der Waals surface area (Å²) in [6, 6.07) is 0. The molecule has 1 aliphatic rings. The van der Waals surface area contributed by atoms with Crippen molar-refractivity contribution in [2.75, 3.05) is 5.75 Å². The summed E-state index contributed by atoms with van der Waals surface area (Å²) in [7, 11) is 0. The summed E-state index contributed by atoms with van der Waals surface area (Å²) in [4.78, 5) is 1.14. The molecule has 1 nitrogen and oxygen atoms in total. The van der Waals surface area contributed by atoms with Crippen molar-refractivity contribution in [1.82, 2.24) is 0 Å². The van der Waals surface area contributed by atoms with E-state index in [0.29, 0.717) is 0 Å². The minimum absolute atomic E-state index is 0.485. The molecule has 1 saturated heterocycles. The van der Waals surface area contributed by atoms with Gasteiger partial charge in [0.15, 0.2) is 0 Å². The number of rotatable bonds is 1. The first-order valence-electron chi connectivity index (χ1n) is 3.22. The molecule has 0 aromatic rings. The summed E-state index contributed by atoms with van der Waals surface area (Å²) in [5.74, 6) is 0.860. The fourth-order valence-electron chi connectivity index (χ4n) is 0.829. The molecule has 9 heavy (non-hydrogen) atoms. The molecule has 0 spiro atoms. The SMILES string of the molecule is CC/C=C1\SCC1(C)O. The molecular formula is C7H12OS. The number of thioether (sulfide) groups is 1. The average Bonchev–Trinajstić information content (AvgIpc) is 1.81. The quantitative estimate of drug-likeness (QED) is 0.605. The van der Waals surface area contributed by atoms with Gasteiger partial charge in [-0.2, -0.15) is 0 Å². The Morgan fingerprint density at radius 1 is 1.89 bits per heavy atom. The van der Waals surface area contributed by atoms with Gasteiger partial charge in [0.1, 0.15) is 5.60 Å². The summed E-state index contributed by atoms with van der Waals surface area (Å²) < 4.78 is 0. The van der Waals surface area contributed by atoms with Gasteiger partial charge in [0.2, 0.25) is 0 Å². The Bertz CT molecular complexity index is 138. The largest absolute Gasteiger partial charge is 0.384 e. The Morgan fingerprint density at radius 3 is 2.67 bits per heavy atom. The van der Waals surface area contributed by atoms with Gasteiger partial charge in [-0.15, -0.1) is 11.8 Å².